The van der Waals surface area contributed by atoms with Crippen LogP contribution in [0.15, 0.2) is 23.2 Å². The molecule has 0 aliphatic carbocycles. The van der Waals surface area contributed by atoms with Gasteiger partial charge in [-0.05, 0) is 24.6 Å². The molecule has 130 valence electrons. The number of halogens is 6. The molecule has 23 heavy (non-hydrogen) atoms. The van der Waals surface area contributed by atoms with E-state index in [1.54, 1.807) is 19.1 Å². The third-order valence-electron chi connectivity index (χ3n) is 3.08. The first kappa shape index (κ1) is 19.4. The number of nitrogens with one attached hydrogen (secondary N) is 1. The normalized spacial score (nSPS) is 17.7. The third-order valence-corrected chi connectivity index (χ3v) is 3.08. The van der Waals surface area contributed by atoms with Crippen molar-refractivity contribution in [2.75, 3.05) is 6.54 Å². The highest BCUT2D eigenvalue weighted by Crippen LogP contribution is 2.35. The van der Waals surface area contributed by atoms with Crippen LogP contribution in [0.2, 0.25) is 0 Å². The van der Waals surface area contributed by atoms with Crippen LogP contribution < -0.4 is 15.8 Å². The second-order valence-corrected chi connectivity index (χ2v) is 4.90. The zero-order valence-electron chi connectivity index (χ0n) is 12.0. The quantitative estimate of drug-likeness (QED) is 0.812. The van der Waals surface area contributed by atoms with Crippen molar-refractivity contribution in [3.8, 4) is 5.75 Å². The molecular weight excluding hydrogens is 345 g/mol. The number of fused-ring (bicyclic) bond motifs is 1. The van der Waals surface area contributed by atoms with Crippen LogP contribution in [0.25, 0.3) is 0 Å². The molecule has 0 fully saturated rings. The fraction of sp³-hybridized carbons (Fsp3) is 0.462. The van der Waals surface area contributed by atoms with E-state index in [9.17, 15) is 22.0 Å². The molecule has 4 nitrogen and oxygen atoms in total. The highest BCUT2D eigenvalue weighted by molar-refractivity contribution is 5.89. The molecule has 3 N–H and O–H groups in total. The van der Waals surface area contributed by atoms with E-state index >= 15 is 0 Å². The van der Waals surface area contributed by atoms with E-state index in [1.165, 1.54) is 6.07 Å². The summed E-state index contributed by atoms with van der Waals surface area (Å²) in [4.78, 5) is 4.10. The van der Waals surface area contributed by atoms with Crippen molar-refractivity contribution in [1.29, 1.82) is 0 Å². The van der Waals surface area contributed by atoms with Gasteiger partial charge in [-0.15, -0.1) is 12.4 Å². The summed E-state index contributed by atoms with van der Waals surface area (Å²) >= 11 is 0. The molecule has 1 atom stereocenters. The standard InChI is InChI=1S/C13H14F5N3O.ClH/c1-7-11(19)21-9-4-8(2-3-10(9)22-7)5-20-6-12(14,15)13(16,17)18;/h2-4,7,20H,5-6H2,1H3,(H2,19,21);1H. The van der Waals surface area contributed by atoms with Crippen molar-refractivity contribution in [2.45, 2.75) is 31.7 Å². The third kappa shape index (κ3) is 4.44. The monoisotopic (exact) mass is 359 g/mol. The van der Waals surface area contributed by atoms with Gasteiger partial charge >= 0.3 is 12.1 Å². The maximum Gasteiger partial charge on any atom is 0.454 e. The molecule has 1 unspecified atom stereocenters. The fourth-order valence-electron chi connectivity index (χ4n) is 1.80. The molecule has 0 aromatic heterocycles. The highest BCUT2D eigenvalue weighted by atomic mass is 35.5. The largest absolute Gasteiger partial charge is 0.481 e. The molecule has 0 saturated heterocycles. The van der Waals surface area contributed by atoms with Crippen molar-refractivity contribution in [2.24, 2.45) is 10.7 Å². The van der Waals surface area contributed by atoms with Crippen LogP contribution in [-0.2, 0) is 6.54 Å². The average Bonchev–Trinajstić information content (AvgIpc) is 2.39. The second-order valence-electron chi connectivity index (χ2n) is 4.90. The molecule has 1 heterocycles. The Kier molecular flexibility index (Phi) is 5.81. The molecule has 10 heteroatoms. The molecular formula is C13H15ClF5N3O. The number of hydrogen-bond donors (Lipinski definition) is 2. The van der Waals surface area contributed by atoms with Gasteiger partial charge < -0.3 is 15.8 Å². The lowest BCUT2D eigenvalue weighted by molar-refractivity contribution is -0.279. The summed E-state index contributed by atoms with van der Waals surface area (Å²) in [5, 5.41) is 2.08. The van der Waals surface area contributed by atoms with E-state index in [1.807, 2.05) is 0 Å². The number of nitrogens with zero attached hydrogens (tertiary/aromatic N) is 1. The first-order valence-corrected chi connectivity index (χ1v) is 6.39. The summed E-state index contributed by atoms with van der Waals surface area (Å²) in [5.41, 5.74) is 6.54. The Hall–Kier alpha value is -1.61. The van der Waals surface area contributed by atoms with Crippen LogP contribution in [0.3, 0.4) is 0 Å². The maximum atomic E-state index is 12.8. The Balaban J connectivity index is 0.00000264. The van der Waals surface area contributed by atoms with Crippen LogP contribution in [0.5, 0.6) is 5.75 Å². The van der Waals surface area contributed by atoms with E-state index in [4.69, 9.17) is 10.5 Å². The van der Waals surface area contributed by atoms with Crippen LogP contribution in [-0.4, -0.2) is 30.6 Å². The fourth-order valence-corrected chi connectivity index (χ4v) is 1.80. The Morgan fingerprint density at radius 2 is 1.91 bits per heavy atom. The number of benzene rings is 1. The summed E-state index contributed by atoms with van der Waals surface area (Å²) in [5.74, 6) is -4.03. The number of rotatable bonds is 4. The van der Waals surface area contributed by atoms with Crippen LogP contribution in [0.1, 0.15) is 12.5 Å². The van der Waals surface area contributed by atoms with Gasteiger partial charge in [0.15, 0.2) is 6.10 Å². The van der Waals surface area contributed by atoms with Gasteiger partial charge in [-0.2, -0.15) is 22.0 Å². The molecule has 0 amide bonds. The summed E-state index contributed by atoms with van der Waals surface area (Å²) < 4.78 is 67.0. The summed E-state index contributed by atoms with van der Waals surface area (Å²) in [6, 6.07) is 4.65. The molecule has 0 bridgehead atoms. The Morgan fingerprint density at radius 3 is 2.52 bits per heavy atom. The lowest BCUT2D eigenvalue weighted by Gasteiger charge is -2.22. The van der Waals surface area contributed by atoms with Crippen molar-refractivity contribution in [3.63, 3.8) is 0 Å². The van der Waals surface area contributed by atoms with E-state index in [0.29, 0.717) is 17.0 Å². The number of nitrogens with two attached hydrogens (primary N) is 1. The number of ether oxygens (including phenoxy) is 1. The minimum Gasteiger partial charge on any atom is -0.481 e. The van der Waals surface area contributed by atoms with Gasteiger partial charge in [0, 0.05) is 6.54 Å². The van der Waals surface area contributed by atoms with E-state index in [2.05, 4.69) is 10.3 Å². The number of amidine groups is 1. The molecule has 0 spiro atoms. The number of aliphatic imine (C=N–C) groups is 1. The topological polar surface area (TPSA) is 59.6 Å². The van der Waals surface area contributed by atoms with Gasteiger partial charge in [0.25, 0.3) is 0 Å². The first-order valence-electron chi connectivity index (χ1n) is 6.39. The molecule has 0 radical (unpaired) electrons. The second kappa shape index (κ2) is 6.88. The molecule has 2 rings (SSSR count). The summed E-state index contributed by atoms with van der Waals surface area (Å²) in [6.45, 7) is 0.0624. The van der Waals surface area contributed by atoms with Crippen molar-refractivity contribution in [3.05, 3.63) is 23.8 Å². The minimum absolute atomic E-state index is 0. The van der Waals surface area contributed by atoms with Crippen LogP contribution in [0.4, 0.5) is 27.6 Å². The smallest absolute Gasteiger partial charge is 0.454 e. The van der Waals surface area contributed by atoms with Crippen molar-refractivity contribution >= 4 is 23.9 Å². The minimum atomic E-state index is -5.57. The predicted octanol–water partition coefficient (Wildman–Crippen LogP) is 3.17. The molecule has 1 aromatic rings. The van der Waals surface area contributed by atoms with E-state index in [-0.39, 0.29) is 30.9 Å². The van der Waals surface area contributed by atoms with Gasteiger partial charge in [0.05, 0.1) is 6.54 Å². The van der Waals surface area contributed by atoms with Crippen molar-refractivity contribution in [1.82, 2.24) is 5.32 Å². The first-order chi connectivity index (χ1) is 10.1. The van der Waals surface area contributed by atoms with Gasteiger partial charge in [0.1, 0.15) is 17.3 Å². The summed E-state index contributed by atoms with van der Waals surface area (Å²) in [7, 11) is 0. The van der Waals surface area contributed by atoms with Gasteiger partial charge in [-0.3, -0.25) is 0 Å². The number of hydrogen-bond acceptors (Lipinski definition) is 4. The number of alkyl halides is 5. The zero-order chi connectivity index (χ0) is 16.5. The van der Waals surface area contributed by atoms with Gasteiger partial charge in [-0.25, -0.2) is 4.99 Å². The lowest BCUT2D eigenvalue weighted by Crippen LogP contribution is -2.45. The lowest BCUT2D eigenvalue weighted by atomic mass is 10.1. The average molecular weight is 360 g/mol. The van der Waals surface area contributed by atoms with Crippen LogP contribution in [0, 0.1) is 0 Å². The Labute approximate surface area is 135 Å². The van der Waals surface area contributed by atoms with E-state index in [0.717, 1.165) is 0 Å². The molecule has 1 aliphatic heterocycles. The van der Waals surface area contributed by atoms with E-state index < -0.39 is 18.6 Å². The SMILES string of the molecule is CC1Oc2ccc(CNCC(F)(F)C(F)(F)F)cc2N=C1N.Cl. The van der Waals surface area contributed by atoms with Gasteiger partial charge in [-0.1, -0.05) is 6.07 Å². The van der Waals surface area contributed by atoms with Crippen molar-refractivity contribution < 1.29 is 26.7 Å². The predicted molar refractivity (Wildman–Crippen MR) is 77.8 cm³/mol. The molecule has 1 aromatic carbocycles. The van der Waals surface area contributed by atoms with Gasteiger partial charge in [0.2, 0.25) is 0 Å². The highest BCUT2D eigenvalue weighted by Gasteiger charge is 2.56. The molecule has 1 aliphatic rings. The Bertz CT molecular complexity index is 591. The summed E-state index contributed by atoms with van der Waals surface area (Å²) in [6.07, 6.45) is -5.94. The van der Waals surface area contributed by atoms with Crippen LogP contribution >= 0.6 is 12.4 Å². The Morgan fingerprint density at radius 1 is 1.26 bits per heavy atom. The maximum absolute atomic E-state index is 12.8. The molecule has 0 saturated carbocycles. The zero-order valence-corrected chi connectivity index (χ0v) is 12.8.